The lowest BCUT2D eigenvalue weighted by Crippen LogP contribution is -2.47. The number of carbonyl (C=O) groups is 3. The number of carboxylic acid groups (broad SMARTS) is 1. The smallest absolute Gasteiger partial charge is 0.329 e. The van der Waals surface area contributed by atoms with Crippen molar-refractivity contribution >= 4 is 28.7 Å². The SMILES string of the molecule is CC(C)[C@@H](NC(=O)C1CCC(CNC(=O)Cn2c(=O)[nH]c3ccccc3c2=O)CC1)C(=O)O. The summed E-state index contributed by atoms with van der Waals surface area (Å²) in [6.07, 6.45) is 2.66. The third kappa shape index (κ3) is 5.88. The fraction of sp³-hybridized carbons (Fsp3) is 0.522. The lowest BCUT2D eigenvalue weighted by atomic mass is 9.81. The first-order chi connectivity index (χ1) is 15.7. The van der Waals surface area contributed by atoms with Crippen molar-refractivity contribution in [2.24, 2.45) is 17.8 Å². The summed E-state index contributed by atoms with van der Waals surface area (Å²) < 4.78 is 0.881. The summed E-state index contributed by atoms with van der Waals surface area (Å²) in [6.45, 7) is 3.51. The van der Waals surface area contributed by atoms with Gasteiger partial charge in [0.25, 0.3) is 5.56 Å². The normalized spacial score (nSPS) is 19.2. The van der Waals surface area contributed by atoms with E-state index in [0.717, 1.165) is 4.57 Å². The predicted octanol–water partition coefficient (Wildman–Crippen LogP) is 0.838. The van der Waals surface area contributed by atoms with E-state index in [1.807, 2.05) is 0 Å². The molecule has 2 amide bonds. The Morgan fingerprint density at radius 1 is 1.12 bits per heavy atom. The van der Waals surface area contributed by atoms with Crippen molar-refractivity contribution in [3.8, 4) is 0 Å². The number of aromatic amines is 1. The number of H-pyrrole nitrogens is 1. The molecule has 1 aromatic heterocycles. The van der Waals surface area contributed by atoms with Crippen LogP contribution < -0.4 is 21.9 Å². The number of aliphatic carboxylic acids is 1. The summed E-state index contributed by atoms with van der Waals surface area (Å²) in [5.41, 5.74) is -0.730. The zero-order valence-electron chi connectivity index (χ0n) is 18.8. The Hall–Kier alpha value is -3.43. The van der Waals surface area contributed by atoms with Crippen molar-refractivity contribution in [1.29, 1.82) is 0 Å². The molecule has 1 heterocycles. The van der Waals surface area contributed by atoms with Crippen LogP contribution in [-0.2, 0) is 20.9 Å². The summed E-state index contributed by atoms with van der Waals surface area (Å²) >= 11 is 0. The largest absolute Gasteiger partial charge is 0.480 e. The minimum Gasteiger partial charge on any atom is -0.480 e. The molecule has 2 aromatic rings. The number of benzene rings is 1. The van der Waals surface area contributed by atoms with E-state index in [4.69, 9.17) is 0 Å². The first-order valence-electron chi connectivity index (χ1n) is 11.2. The van der Waals surface area contributed by atoms with Crippen LogP contribution in [0.2, 0.25) is 0 Å². The Bertz CT molecular complexity index is 1140. The molecule has 10 nitrogen and oxygen atoms in total. The minimum atomic E-state index is -1.04. The molecular formula is C23H30N4O6. The molecule has 10 heteroatoms. The van der Waals surface area contributed by atoms with Gasteiger partial charge in [0.15, 0.2) is 0 Å². The molecule has 1 fully saturated rings. The molecule has 1 saturated carbocycles. The molecule has 1 atom stereocenters. The molecule has 0 spiro atoms. The van der Waals surface area contributed by atoms with E-state index in [2.05, 4.69) is 15.6 Å². The van der Waals surface area contributed by atoms with Crippen LogP contribution in [0.5, 0.6) is 0 Å². The molecule has 0 unspecified atom stereocenters. The molecule has 0 aliphatic heterocycles. The minimum absolute atomic E-state index is 0.171. The van der Waals surface area contributed by atoms with Crippen LogP contribution in [0.1, 0.15) is 39.5 Å². The summed E-state index contributed by atoms with van der Waals surface area (Å²) in [4.78, 5) is 63.5. The number of hydrogen-bond acceptors (Lipinski definition) is 5. The lowest BCUT2D eigenvalue weighted by Gasteiger charge is -2.29. The van der Waals surface area contributed by atoms with Crippen molar-refractivity contribution in [1.82, 2.24) is 20.2 Å². The van der Waals surface area contributed by atoms with Gasteiger partial charge in [0.05, 0.1) is 10.9 Å². The first-order valence-corrected chi connectivity index (χ1v) is 11.2. The lowest BCUT2D eigenvalue weighted by molar-refractivity contribution is -0.144. The van der Waals surface area contributed by atoms with Crippen molar-refractivity contribution in [2.75, 3.05) is 6.54 Å². The maximum absolute atomic E-state index is 12.5. The second kappa shape index (κ2) is 10.5. The van der Waals surface area contributed by atoms with Crippen molar-refractivity contribution in [3.05, 3.63) is 45.1 Å². The molecule has 0 radical (unpaired) electrons. The molecule has 4 N–H and O–H groups in total. The van der Waals surface area contributed by atoms with Gasteiger partial charge in [0.2, 0.25) is 11.8 Å². The molecule has 33 heavy (non-hydrogen) atoms. The van der Waals surface area contributed by atoms with E-state index < -0.39 is 29.2 Å². The number of para-hydroxylation sites is 1. The Morgan fingerprint density at radius 2 is 1.79 bits per heavy atom. The number of carboxylic acids is 1. The summed E-state index contributed by atoms with van der Waals surface area (Å²) in [7, 11) is 0. The number of aromatic nitrogens is 2. The molecule has 1 aromatic carbocycles. The average molecular weight is 459 g/mol. The molecule has 178 valence electrons. The topological polar surface area (TPSA) is 150 Å². The highest BCUT2D eigenvalue weighted by molar-refractivity contribution is 5.85. The highest BCUT2D eigenvalue weighted by Gasteiger charge is 2.30. The van der Waals surface area contributed by atoms with E-state index in [-0.39, 0.29) is 30.2 Å². The second-order valence-corrected chi connectivity index (χ2v) is 8.96. The van der Waals surface area contributed by atoms with Crippen LogP contribution in [0.15, 0.2) is 33.9 Å². The highest BCUT2D eigenvalue weighted by Crippen LogP contribution is 2.28. The maximum Gasteiger partial charge on any atom is 0.329 e. The molecule has 0 bridgehead atoms. The van der Waals surface area contributed by atoms with Crippen LogP contribution in [-0.4, -0.2) is 45.0 Å². The monoisotopic (exact) mass is 458 g/mol. The molecule has 0 saturated heterocycles. The van der Waals surface area contributed by atoms with Crippen molar-refractivity contribution in [3.63, 3.8) is 0 Å². The Morgan fingerprint density at radius 3 is 2.42 bits per heavy atom. The molecule has 3 rings (SSSR count). The van der Waals surface area contributed by atoms with Gasteiger partial charge in [-0.3, -0.25) is 19.0 Å². The van der Waals surface area contributed by atoms with Gasteiger partial charge in [-0.15, -0.1) is 0 Å². The third-order valence-electron chi connectivity index (χ3n) is 6.23. The van der Waals surface area contributed by atoms with Gasteiger partial charge in [-0.2, -0.15) is 0 Å². The number of carbonyl (C=O) groups excluding carboxylic acids is 2. The van der Waals surface area contributed by atoms with Gasteiger partial charge in [-0.25, -0.2) is 9.59 Å². The predicted molar refractivity (Wildman–Crippen MR) is 122 cm³/mol. The Labute approximate surface area is 190 Å². The molecule has 1 aliphatic rings. The highest BCUT2D eigenvalue weighted by atomic mass is 16.4. The number of hydrogen-bond donors (Lipinski definition) is 4. The quantitative estimate of drug-likeness (QED) is 0.460. The van der Waals surface area contributed by atoms with Gasteiger partial charge in [0.1, 0.15) is 12.6 Å². The van der Waals surface area contributed by atoms with Crippen LogP contribution in [0.3, 0.4) is 0 Å². The molecule has 1 aliphatic carbocycles. The van der Waals surface area contributed by atoms with E-state index in [0.29, 0.717) is 43.1 Å². The zero-order valence-corrected chi connectivity index (χ0v) is 18.8. The zero-order chi connectivity index (χ0) is 24.1. The van der Waals surface area contributed by atoms with E-state index in [1.165, 1.54) is 0 Å². The van der Waals surface area contributed by atoms with Gasteiger partial charge < -0.3 is 20.7 Å². The summed E-state index contributed by atoms with van der Waals surface area (Å²) in [5.74, 6) is -2.00. The van der Waals surface area contributed by atoms with Gasteiger partial charge in [0, 0.05) is 12.5 Å². The van der Waals surface area contributed by atoms with E-state index in [9.17, 15) is 29.1 Å². The van der Waals surface area contributed by atoms with E-state index >= 15 is 0 Å². The number of rotatable bonds is 8. The third-order valence-corrected chi connectivity index (χ3v) is 6.23. The Balaban J connectivity index is 1.49. The van der Waals surface area contributed by atoms with E-state index in [1.54, 1.807) is 38.1 Å². The maximum atomic E-state index is 12.5. The van der Waals surface area contributed by atoms with Gasteiger partial charge in [-0.05, 0) is 49.7 Å². The average Bonchev–Trinajstić information content (AvgIpc) is 2.78. The van der Waals surface area contributed by atoms with Crippen LogP contribution in [0.4, 0.5) is 0 Å². The summed E-state index contributed by atoms with van der Waals surface area (Å²) in [5, 5.41) is 15.0. The van der Waals surface area contributed by atoms with Crippen molar-refractivity contribution in [2.45, 2.75) is 52.1 Å². The van der Waals surface area contributed by atoms with Crippen LogP contribution in [0, 0.1) is 17.8 Å². The summed E-state index contributed by atoms with van der Waals surface area (Å²) in [6, 6.07) is 5.71. The second-order valence-electron chi connectivity index (χ2n) is 8.96. The number of nitrogens with one attached hydrogen (secondary N) is 3. The van der Waals surface area contributed by atoms with Crippen LogP contribution >= 0.6 is 0 Å². The fourth-order valence-electron chi connectivity index (χ4n) is 4.21. The van der Waals surface area contributed by atoms with Gasteiger partial charge in [-0.1, -0.05) is 26.0 Å². The standard InChI is InChI=1S/C23H30N4O6/c1-13(2)19(22(31)32)26-20(29)15-9-7-14(8-10-15)11-24-18(28)12-27-21(30)16-5-3-4-6-17(16)25-23(27)33/h3-6,13-15,19H,7-12H2,1-2H3,(H,24,28)(H,25,33)(H,26,29)(H,31,32)/t14?,15?,19-/m1/s1. The van der Waals surface area contributed by atoms with Crippen LogP contribution in [0.25, 0.3) is 10.9 Å². The fourth-order valence-corrected chi connectivity index (χ4v) is 4.21. The number of nitrogens with zero attached hydrogens (tertiary/aromatic N) is 1. The number of amides is 2. The van der Waals surface area contributed by atoms with Gasteiger partial charge >= 0.3 is 11.7 Å². The first kappa shape index (κ1) is 24.2. The Kier molecular flexibility index (Phi) is 7.67. The number of fused-ring (bicyclic) bond motifs is 1. The molecular weight excluding hydrogens is 428 g/mol. The van der Waals surface area contributed by atoms with Crippen molar-refractivity contribution < 1.29 is 19.5 Å².